The van der Waals surface area contributed by atoms with Crippen molar-refractivity contribution in [1.29, 1.82) is 0 Å². The summed E-state index contributed by atoms with van der Waals surface area (Å²) in [6.07, 6.45) is 1.90. The van der Waals surface area contributed by atoms with Crippen LogP contribution in [0.15, 0.2) is 42.2 Å². The van der Waals surface area contributed by atoms with Gasteiger partial charge in [-0.2, -0.15) is 0 Å². The topological polar surface area (TPSA) is 29.1 Å². The summed E-state index contributed by atoms with van der Waals surface area (Å²) < 4.78 is 13.6. The lowest BCUT2D eigenvalue weighted by molar-refractivity contribution is -0.124. The van der Waals surface area contributed by atoms with Gasteiger partial charge in [0.1, 0.15) is 5.83 Å². The van der Waals surface area contributed by atoms with Crippen molar-refractivity contribution in [2.45, 2.75) is 19.4 Å². The molecule has 1 aliphatic heterocycles. The molecule has 1 heterocycles. The van der Waals surface area contributed by atoms with E-state index >= 15 is 0 Å². The van der Waals surface area contributed by atoms with Crippen LogP contribution in [-0.4, -0.2) is 11.9 Å². The van der Waals surface area contributed by atoms with E-state index in [2.05, 4.69) is 5.32 Å². The predicted octanol–water partition coefficient (Wildman–Crippen LogP) is 2.22. The fourth-order valence-electron chi connectivity index (χ4n) is 1.80. The summed E-state index contributed by atoms with van der Waals surface area (Å²) in [6.45, 7) is 1.69. The molecule has 1 aliphatic rings. The van der Waals surface area contributed by atoms with Gasteiger partial charge in [-0.1, -0.05) is 30.3 Å². The molecule has 2 nitrogen and oxygen atoms in total. The quantitative estimate of drug-likeness (QED) is 0.811. The highest BCUT2D eigenvalue weighted by Gasteiger charge is 2.26. The van der Waals surface area contributed by atoms with Crippen LogP contribution in [-0.2, 0) is 11.2 Å². The Hall–Kier alpha value is -1.64. The SMILES string of the molecule is C[C@H]1C=C(F)[C@@H](Cc2ccccc2)NC1=O. The average molecular weight is 219 g/mol. The Morgan fingerprint density at radius 3 is 2.69 bits per heavy atom. The number of benzene rings is 1. The van der Waals surface area contributed by atoms with E-state index in [1.54, 1.807) is 6.92 Å². The zero-order valence-corrected chi connectivity index (χ0v) is 9.11. The molecule has 0 bridgehead atoms. The molecule has 0 saturated heterocycles. The second-order valence-electron chi connectivity index (χ2n) is 4.09. The Kier molecular flexibility index (Phi) is 3.04. The maximum absolute atomic E-state index is 13.6. The molecule has 0 unspecified atom stereocenters. The first-order valence-corrected chi connectivity index (χ1v) is 5.38. The van der Waals surface area contributed by atoms with Crippen LogP contribution in [0.2, 0.25) is 0 Å². The maximum Gasteiger partial charge on any atom is 0.227 e. The third-order valence-corrected chi connectivity index (χ3v) is 2.75. The van der Waals surface area contributed by atoms with Gasteiger partial charge >= 0.3 is 0 Å². The summed E-state index contributed by atoms with van der Waals surface area (Å²) in [5, 5.41) is 2.68. The van der Waals surface area contributed by atoms with Gasteiger partial charge in [0.05, 0.1) is 12.0 Å². The van der Waals surface area contributed by atoms with Crippen molar-refractivity contribution < 1.29 is 9.18 Å². The summed E-state index contributed by atoms with van der Waals surface area (Å²) in [6, 6.07) is 9.08. The number of nitrogens with one attached hydrogen (secondary N) is 1. The summed E-state index contributed by atoms with van der Waals surface area (Å²) in [5.74, 6) is -0.717. The molecule has 16 heavy (non-hydrogen) atoms. The number of hydrogen-bond donors (Lipinski definition) is 1. The van der Waals surface area contributed by atoms with Gasteiger partial charge < -0.3 is 5.32 Å². The van der Waals surface area contributed by atoms with Gasteiger partial charge in [0.15, 0.2) is 0 Å². The van der Waals surface area contributed by atoms with Crippen LogP contribution in [0.3, 0.4) is 0 Å². The number of carbonyl (C=O) groups excluding carboxylic acids is 1. The minimum absolute atomic E-state index is 0.109. The molecule has 0 spiro atoms. The molecule has 1 N–H and O–H groups in total. The lowest BCUT2D eigenvalue weighted by atomic mass is 9.98. The Balaban J connectivity index is 2.12. The normalized spacial score (nSPS) is 24.9. The van der Waals surface area contributed by atoms with E-state index in [-0.39, 0.29) is 17.7 Å². The van der Waals surface area contributed by atoms with E-state index < -0.39 is 6.04 Å². The van der Waals surface area contributed by atoms with E-state index in [0.29, 0.717) is 6.42 Å². The molecule has 0 fully saturated rings. The van der Waals surface area contributed by atoms with Crippen LogP contribution in [0.1, 0.15) is 12.5 Å². The second-order valence-corrected chi connectivity index (χ2v) is 4.09. The molecule has 1 amide bonds. The summed E-state index contributed by atoms with van der Waals surface area (Å²) >= 11 is 0. The lowest BCUT2D eigenvalue weighted by Crippen LogP contribution is -2.43. The van der Waals surface area contributed by atoms with Gasteiger partial charge in [0.25, 0.3) is 0 Å². The summed E-state index contributed by atoms with van der Waals surface area (Å²) in [5.41, 5.74) is 1.02. The number of carbonyl (C=O) groups is 1. The predicted molar refractivity (Wildman–Crippen MR) is 60.4 cm³/mol. The molecule has 1 aromatic carbocycles. The zero-order chi connectivity index (χ0) is 11.5. The first kappa shape index (κ1) is 10.9. The zero-order valence-electron chi connectivity index (χ0n) is 9.11. The molecule has 3 heteroatoms. The maximum atomic E-state index is 13.6. The van der Waals surface area contributed by atoms with E-state index in [1.165, 1.54) is 6.08 Å². The van der Waals surface area contributed by atoms with Crippen LogP contribution in [0.25, 0.3) is 0 Å². The summed E-state index contributed by atoms with van der Waals surface area (Å²) in [7, 11) is 0. The smallest absolute Gasteiger partial charge is 0.227 e. The third kappa shape index (κ3) is 2.30. The van der Waals surface area contributed by atoms with Crippen LogP contribution in [0.5, 0.6) is 0 Å². The molecular formula is C13H14FNO. The van der Waals surface area contributed by atoms with Crippen LogP contribution < -0.4 is 5.32 Å². The monoisotopic (exact) mass is 219 g/mol. The molecular weight excluding hydrogens is 205 g/mol. The minimum atomic E-state index is -0.508. The van der Waals surface area contributed by atoms with Gasteiger partial charge in [-0.25, -0.2) is 4.39 Å². The molecule has 84 valence electrons. The van der Waals surface area contributed by atoms with E-state index in [4.69, 9.17) is 0 Å². The van der Waals surface area contributed by atoms with Crippen molar-refractivity contribution in [3.05, 3.63) is 47.8 Å². The molecule has 0 aromatic heterocycles. The highest BCUT2D eigenvalue weighted by molar-refractivity contribution is 5.82. The van der Waals surface area contributed by atoms with Crippen LogP contribution in [0, 0.1) is 5.92 Å². The van der Waals surface area contributed by atoms with Gasteiger partial charge in [-0.3, -0.25) is 4.79 Å². The average Bonchev–Trinajstić information content (AvgIpc) is 2.27. The second kappa shape index (κ2) is 4.47. The number of halogens is 1. The largest absolute Gasteiger partial charge is 0.346 e. The van der Waals surface area contributed by atoms with Crippen molar-refractivity contribution >= 4 is 5.91 Å². The molecule has 2 rings (SSSR count). The van der Waals surface area contributed by atoms with E-state index in [1.807, 2.05) is 30.3 Å². The van der Waals surface area contributed by atoms with Crippen molar-refractivity contribution in [2.24, 2.45) is 5.92 Å². The molecule has 0 saturated carbocycles. The molecule has 2 atom stereocenters. The number of hydrogen-bond acceptors (Lipinski definition) is 1. The highest BCUT2D eigenvalue weighted by Crippen LogP contribution is 2.18. The highest BCUT2D eigenvalue weighted by atomic mass is 19.1. The Morgan fingerprint density at radius 1 is 1.31 bits per heavy atom. The molecule has 0 radical (unpaired) electrons. The van der Waals surface area contributed by atoms with Gasteiger partial charge in [0.2, 0.25) is 5.91 Å². The van der Waals surface area contributed by atoms with Gasteiger partial charge in [-0.15, -0.1) is 0 Å². The lowest BCUT2D eigenvalue weighted by Gasteiger charge is -2.24. The fraction of sp³-hybridized carbons (Fsp3) is 0.308. The summed E-state index contributed by atoms with van der Waals surface area (Å²) in [4.78, 5) is 11.4. The van der Waals surface area contributed by atoms with Crippen molar-refractivity contribution in [1.82, 2.24) is 5.32 Å². The van der Waals surface area contributed by atoms with Crippen molar-refractivity contribution in [3.8, 4) is 0 Å². The molecule has 0 aliphatic carbocycles. The van der Waals surface area contributed by atoms with Gasteiger partial charge in [-0.05, 0) is 25.0 Å². The number of rotatable bonds is 2. The van der Waals surface area contributed by atoms with Gasteiger partial charge in [0, 0.05) is 0 Å². The first-order valence-electron chi connectivity index (χ1n) is 5.38. The number of amides is 1. The van der Waals surface area contributed by atoms with Crippen molar-refractivity contribution in [2.75, 3.05) is 0 Å². The van der Waals surface area contributed by atoms with Crippen molar-refractivity contribution in [3.63, 3.8) is 0 Å². The van der Waals surface area contributed by atoms with Crippen LogP contribution >= 0.6 is 0 Å². The van der Waals surface area contributed by atoms with E-state index in [9.17, 15) is 9.18 Å². The van der Waals surface area contributed by atoms with Crippen LogP contribution in [0.4, 0.5) is 4.39 Å². The Labute approximate surface area is 94.2 Å². The standard InChI is InChI=1S/C13H14FNO/c1-9-7-11(14)12(15-13(9)16)8-10-5-3-2-4-6-10/h2-7,9,12H,8H2,1H3,(H,15,16)/t9-,12+/m0/s1. The Morgan fingerprint density at radius 2 is 2.00 bits per heavy atom. The third-order valence-electron chi connectivity index (χ3n) is 2.75. The van der Waals surface area contributed by atoms with E-state index in [0.717, 1.165) is 5.56 Å². The first-order chi connectivity index (χ1) is 7.66. The fourth-order valence-corrected chi connectivity index (χ4v) is 1.80. The minimum Gasteiger partial charge on any atom is -0.346 e. The Bertz CT molecular complexity index is 413. The molecule has 1 aromatic rings.